The summed E-state index contributed by atoms with van der Waals surface area (Å²) in [7, 11) is 0. The zero-order valence-electron chi connectivity index (χ0n) is 13.4. The number of nitrogens with one attached hydrogen (secondary N) is 1. The number of para-hydroxylation sites is 2. The summed E-state index contributed by atoms with van der Waals surface area (Å²) in [5, 5.41) is 2.57. The monoisotopic (exact) mass is 306 g/mol. The van der Waals surface area contributed by atoms with Crippen molar-refractivity contribution in [1.82, 2.24) is 5.32 Å². The van der Waals surface area contributed by atoms with Crippen LogP contribution in [-0.2, 0) is 9.53 Å². The Kier molecular flexibility index (Phi) is 4.59. The number of alkyl carbamates (subject to hydrolysis) is 1. The van der Waals surface area contributed by atoms with E-state index < -0.39 is 17.7 Å². The third-order valence-corrected chi connectivity index (χ3v) is 3.10. The molecule has 1 atom stereocenters. The first-order valence-corrected chi connectivity index (χ1v) is 7.30. The van der Waals surface area contributed by atoms with Crippen LogP contribution in [0, 0.1) is 0 Å². The van der Waals surface area contributed by atoms with E-state index in [2.05, 4.69) is 5.32 Å². The second-order valence-electron chi connectivity index (χ2n) is 6.17. The molecular formula is C16H22N2O4. The fourth-order valence-corrected chi connectivity index (χ4v) is 2.18. The molecule has 0 aliphatic carbocycles. The van der Waals surface area contributed by atoms with Gasteiger partial charge in [0.1, 0.15) is 24.0 Å². The maximum atomic E-state index is 12.6. The van der Waals surface area contributed by atoms with Gasteiger partial charge in [0.15, 0.2) is 0 Å². The van der Waals surface area contributed by atoms with Gasteiger partial charge in [0.25, 0.3) is 0 Å². The molecule has 1 heterocycles. The molecule has 1 aliphatic heterocycles. The van der Waals surface area contributed by atoms with Crippen molar-refractivity contribution < 1.29 is 19.1 Å². The maximum absolute atomic E-state index is 12.6. The minimum Gasteiger partial charge on any atom is -0.490 e. The first kappa shape index (κ1) is 16.1. The molecule has 120 valence electrons. The second kappa shape index (κ2) is 6.25. The minimum absolute atomic E-state index is 0.193. The van der Waals surface area contributed by atoms with Gasteiger partial charge in [-0.1, -0.05) is 12.1 Å². The first-order valence-electron chi connectivity index (χ1n) is 7.30. The number of carbonyl (C=O) groups excluding carboxylic acids is 2. The molecule has 6 nitrogen and oxygen atoms in total. The van der Waals surface area contributed by atoms with Gasteiger partial charge in [-0.05, 0) is 39.8 Å². The maximum Gasteiger partial charge on any atom is 0.408 e. The van der Waals surface area contributed by atoms with Gasteiger partial charge in [-0.15, -0.1) is 0 Å². The highest BCUT2D eigenvalue weighted by molar-refractivity contribution is 5.99. The van der Waals surface area contributed by atoms with Gasteiger partial charge in [0, 0.05) is 0 Å². The third-order valence-electron chi connectivity index (χ3n) is 3.10. The van der Waals surface area contributed by atoms with E-state index >= 15 is 0 Å². The van der Waals surface area contributed by atoms with Crippen molar-refractivity contribution in [1.29, 1.82) is 0 Å². The van der Waals surface area contributed by atoms with Crippen LogP contribution >= 0.6 is 0 Å². The Bertz CT molecular complexity index is 566. The quantitative estimate of drug-likeness (QED) is 0.910. The lowest BCUT2D eigenvalue weighted by Gasteiger charge is -2.31. The topological polar surface area (TPSA) is 67.9 Å². The van der Waals surface area contributed by atoms with Crippen LogP contribution in [-0.4, -0.2) is 36.8 Å². The van der Waals surface area contributed by atoms with E-state index in [0.29, 0.717) is 18.9 Å². The summed E-state index contributed by atoms with van der Waals surface area (Å²) in [6.07, 6.45) is -0.602. The van der Waals surface area contributed by atoms with E-state index in [0.717, 1.165) is 5.69 Å². The van der Waals surface area contributed by atoms with Crippen molar-refractivity contribution in [2.45, 2.75) is 39.3 Å². The number of fused-ring (bicyclic) bond motifs is 1. The van der Waals surface area contributed by atoms with Crippen molar-refractivity contribution in [2.75, 3.05) is 18.1 Å². The minimum atomic E-state index is -0.680. The van der Waals surface area contributed by atoms with E-state index in [9.17, 15) is 9.59 Å². The third kappa shape index (κ3) is 3.90. The van der Waals surface area contributed by atoms with Crippen molar-refractivity contribution in [3.8, 4) is 5.75 Å². The summed E-state index contributed by atoms with van der Waals surface area (Å²) in [5.41, 5.74) is 0.120. The second-order valence-corrected chi connectivity index (χ2v) is 6.17. The van der Waals surface area contributed by atoms with Gasteiger partial charge >= 0.3 is 6.09 Å². The molecule has 0 saturated heterocycles. The number of carbonyl (C=O) groups is 2. The number of anilines is 1. The standard InChI is InChI=1S/C16H22N2O4/c1-11(17-15(20)22-16(2,3)4)14(19)18-9-10-21-13-8-6-5-7-12(13)18/h5-8,11H,9-10H2,1-4H3,(H,17,20)/t11-/m1/s1. The molecule has 0 fully saturated rings. The fourth-order valence-electron chi connectivity index (χ4n) is 2.18. The number of amides is 2. The number of benzene rings is 1. The smallest absolute Gasteiger partial charge is 0.408 e. The van der Waals surface area contributed by atoms with E-state index in [1.165, 1.54) is 0 Å². The van der Waals surface area contributed by atoms with Gasteiger partial charge < -0.3 is 19.7 Å². The van der Waals surface area contributed by atoms with Crippen LogP contribution in [0.15, 0.2) is 24.3 Å². The molecule has 2 amide bonds. The lowest BCUT2D eigenvalue weighted by Crippen LogP contribution is -2.50. The Morgan fingerprint density at radius 3 is 2.68 bits per heavy atom. The average Bonchev–Trinajstić information content (AvgIpc) is 2.43. The molecule has 0 aromatic heterocycles. The van der Waals surface area contributed by atoms with Crippen LogP contribution in [0.5, 0.6) is 5.75 Å². The Hall–Kier alpha value is -2.24. The van der Waals surface area contributed by atoms with Gasteiger partial charge in [-0.25, -0.2) is 4.79 Å². The van der Waals surface area contributed by atoms with Crippen molar-refractivity contribution in [3.05, 3.63) is 24.3 Å². The molecule has 0 radical (unpaired) electrons. The molecule has 2 rings (SSSR count). The highest BCUT2D eigenvalue weighted by atomic mass is 16.6. The molecule has 0 bridgehead atoms. The number of hydrogen-bond donors (Lipinski definition) is 1. The summed E-state index contributed by atoms with van der Waals surface area (Å²) in [6, 6.07) is 6.67. The zero-order valence-corrected chi connectivity index (χ0v) is 13.4. The predicted octanol–water partition coefficient (Wildman–Crippen LogP) is 2.33. The van der Waals surface area contributed by atoms with Crippen LogP contribution in [0.3, 0.4) is 0 Å². The van der Waals surface area contributed by atoms with Gasteiger partial charge in [0.2, 0.25) is 5.91 Å². The van der Waals surface area contributed by atoms with E-state index in [1.807, 2.05) is 24.3 Å². The summed E-state index contributed by atoms with van der Waals surface area (Å²) in [4.78, 5) is 26.0. The normalized spacial score (nSPS) is 15.4. The summed E-state index contributed by atoms with van der Waals surface area (Å²) >= 11 is 0. The lowest BCUT2D eigenvalue weighted by molar-refractivity contribution is -0.120. The molecule has 1 N–H and O–H groups in total. The van der Waals surface area contributed by atoms with E-state index in [-0.39, 0.29) is 5.91 Å². The largest absolute Gasteiger partial charge is 0.490 e. The number of ether oxygens (including phenoxy) is 2. The van der Waals surface area contributed by atoms with E-state index in [1.54, 1.807) is 32.6 Å². The van der Waals surface area contributed by atoms with Crippen LogP contribution in [0.25, 0.3) is 0 Å². The van der Waals surface area contributed by atoms with Crippen LogP contribution in [0.4, 0.5) is 10.5 Å². The van der Waals surface area contributed by atoms with Crippen molar-refractivity contribution in [2.24, 2.45) is 0 Å². The fraction of sp³-hybridized carbons (Fsp3) is 0.500. The highest BCUT2D eigenvalue weighted by Crippen LogP contribution is 2.31. The molecule has 0 saturated carbocycles. The molecular weight excluding hydrogens is 284 g/mol. The molecule has 0 spiro atoms. The molecule has 22 heavy (non-hydrogen) atoms. The summed E-state index contributed by atoms with van der Waals surface area (Å²) < 4.78 is 10.7. The Labute approximate surface area is 130 Å². The lowest BCUT2D eigenvalue weighted by atomic mass is 10.2. The van der Waals surface area contributed by atoms with E-state index in [4.69, 9.17) is 9.47 Å². The predicted molar refractivity (Wildman–Crippen MR) is 83.1 cm³/mol. The molecule has 6 heteroatoms. The van der Waals surface area contributed by atoms with Crippen molar-refractivity contribution in [3.63, 3.8) is 0 Å². The van der Waals surface area contributed by atoms with Gasteiger partial charge in [-0.2, -0.15) is 0 Å². The summed E-state index contributed by atoms with van der Waals surface area (Å²) in [5.74, 6) is 0.480. The van der Waals surface area contributed by atoms with Crippen LogP contribution in [0.2, 0.25) is 0 Å². The molecule has 0 unspecified atom stereocenters. The molecule has 1 aromatic rings. The summed E-state index contributed by atoms with van der Waals surface area (Å²) in [6.45, 7) is 7.86. The Morgan fingerprint density at radius 2 is 2.00 bits per heavy atom. The zero-order chi connectivity index (χ0) is 16.3. The first-order chi connectivity index (χ1) is 10.3. The SMILES string of the molecule is C[C@@H](NC(=O)OC(C)(C)C)C(=O)N1CCOc2ccccc21. The van der Waals surface area contributed by atoms with Gasteiger partial charge in [0.05, 0.1) is 12.2 Å². The van der Waals surface area contributed by atoms with Crippen molar-refractivity contribution >= 4 is 17.7 Å². The Morgan fingerprint density at radius 1 is 1.32 bits per heavy atom. The van der Waals surface area contributed by atoms with Gasteiger partial charge in [-0.3, -0.25) is 4.79 Å². The molecule has 1 aromatic carbocycles. The molecule has 1 aliphatic rings. The van der Waals surface area contributed by atoms with Crippen LogP contribution < -0.4 is 15.0 Å². The Balaban J connectivity index is 2.04. The van der Waals surface area contributed by atoms with Crippen LogP contribution in [0.1, 0.15) is 27.7 Å². The number of nitrogens with zero attached hydrogens (tertiary/aromatic N) is 1. The number of hydrogen-bond acceptors (Lipinski definition) is 4. The highest BCUT2D eigenvalue weighted by Gasteiger charge is 2.29. The average molecular weight is 306 g/mol. The number of rotatable bonds is 2.